The van der Waals surface area contributed by atoms with Gasteiger partial charge in [0.1, 0.15) is 5.69 Å². The van der Waals surface area contributed by atoms with E-state index in [1.807, 2.05) is 36.4 Å². The zero-order valence-corrected chi connectivity index (χ0v) is 17.7. The number of nitrogens with one attached hydrogen (secondary N) is 2. The maximum atomic E-state index is 5.63. The van der Waals surface area contributed by atoms with Crippen molar-refractivity contribution in [2.45, 2.75) is 52.5 Å². The lowest BCUT2D eigenvalue weighted by atomic mass is 9.83. The average molecular weight is 399 g/mol. The quantitative estimate of drug-likeness (QED) is 0.353. The van der Waals surface area contributed by atoms with E-state index in [-0.39, 0.29) is 0 Å². The van der Waals surface area contributed by atoms with Crippen LogP contribution in [0.15, 0.2) is 45.9 Å². The monoisotopic (exact) mass is 398 g/mol. The minimum absolute atomic E-state index is 0.319. The Balaban J connectivity index is 1.59. The maximum Gasteiger partial charge on any atom is 0.191 e. The molecule has 2 aromatic rings. The van der Waals surface area contributed by atoms with E-state index in [0.29, 0.717) is 12.0 Å². The van der Waals surface area contributed by atoms with Gasteiger partial charge in [-0.1, -0.05) is 48.3 Å². The molecule has 1 fully saturated rings. The van der Waals surface area contributed by atoms with Gasteiger partial charge < -0.3 is 19.9 Å². The maximum absolute atomic E-state index is 5.63. The molecule has 0 unspecified atom stereocenters. The lowest BCUT2D eigenvalue weighted by Gasteiger charge is -2.30. The van der Waals surface area contributed by atoms with E-state index in [4.69, 9.17) is 14.3 Å². The molecule has 1 aromatic heterocycles. The third-order valence-corrected chi connectivity index (χ3v) is 5.64. The Morgan fingerprint density at radius 1 is 1.17 bits per heavy atom. The third kappa shape index (κ3) is 6.32. The van der Waals surface area contributed by atoms with E-state index in [9.17, 15) is 0 Å². The van der Waals surface area contributed by atoms with E-state index < -0.39 is 0 Å². The van der Waals surface area contributed by atoms with Crippen molar-refractivity contribution in [3.8, 4) is 11.3 Å². The van der Waals surface area contributed by atoms with E-state index in [0.717, 1.165) is 55.7 Å². The summed E-state index contributed by atoms with van der Waals surface area (Å²) in [6.45, 7) is 8.01. The summed E-state index contributed by atoms with van der Waals surface area (Å²) in [6, 6.07) is 12.0. The van der Waals surface area contributed by atoms with Gasteiger partial charge in [-0.3, -0.25) is 0 Å². The fraction of sp³-hybridized carbons (Fsp3) is 0.565. The summed E-state index contributed by atoms with van der Waals surface area (Å²) in [5, 5.41) is 11.1. The van der Waals surface area contributed by atoms with Crippen LogP contribution in [0.25, 0.3) is 11.3 Å². The van der Waals surface area contributed by atoms with Crippen molar-refractivity contribution in [3.63, 3.8) is 0 Å². The molecule has 2 N–H and O–H groups in total. The van der Waals surface area contributed by atoms with Crippen LogP contribution < -0.4 is 10.6 Å². The third-order valence-electron chi connectivity index (χ3n) is 5.64. The molecule has 0 aliphatic heterocycles. The zero-order valence-electron chi connectivity index (χ0n) is 17.7. The smallest absolute Gasteiger partial charge is 0.191 e. The molecule has 1 aliphatic carbocycles. The number of aliphatic imine (C=N–C) groups is 1. The van der Waals surface area contributed by atoms with Crippen LogP contribution in [0.3, 0.4) is 0 Å². The summed E-state index contributed by atoms with van der Waals surface area (Å²) in [5.41, 5.74) is 2.17. The van der Waals surface area contributed by atoms with Crippen molar-refractivity contribution in [2.24, 2.45) is 10.4 Å². The lowest BCUT2D eigenvalue weighted by Crippen LogP contribution is -2.43. The normalized spacial score (nSPS) is 16.1. The second kappa shape index (κ2) is 11.0. The number of hydrogen-bond donors (Lipinski definition) is 2. The predicted octanol–water partition coefficient (Wildman–Crippen LogP) is 4.38. The first kappa shape index (κ1) is 21.4. The van der Waals surface area contributed by atoms with Gasteiger partial charge in [-0.25, -0.2) is 4.99 Å². The molecular weight excluding hydrogens is 364 g/mol. The number of rotatable bonds is 10. The van der Waals surface area contributed by atoms with E-state index in [1.165, 1.54) is 25.7 Å². The summed E-state index contributed by atoms with van der Waals surface area (Å²) in [4.78, 5) is 4.72. The number of benzene rings is 1. The standard InChI is InChI=1S/C23H34N4O2/c1-3-24-22(26-18-23(12-8-9-13-23)14-15-28-4-2)25-17-20-16-21(29-27-20)19-10-6-5-7-11-19/h5-7,10-11,16H,3-4,8-9,12-15,17-18H2,1-2H3,(H2,24,25,26). The highest BCUT2D eigenvalue weighted by molar-refractivity contribution is 5.79. The minimum Gasteiger partial charge on any atom is -0.382 e. The van der Waals surface area contributed by atoms with Crippen molar-refractivity contribution < 1.29 is 9.26 Å². The van der Waals surface area contributed by atoms with E-state index in [1.54, 1.807) is 0 Å². The average Bonchev–Trinajstić information content (AvgIpc) is 3.41. The Labute approximate surface area is 174 Å². The molecule has 158 valence electrons. The van der Waals surface area contributed by atoms with Crippen molar-refractivity contribution >= 4 is 5.96 Å². The topological polar surface area (TPSA) is 71.7 Å². The van der Waals surface area contributed by atoms with Crippen LogP contribution in [0, 0.1) is 5.41 Å². The van der Waals surface area contributed by atoms with Gasteiger partial charge in [0.2, 0.25) is 0 Å². The number of aromatic nitrogens is 1. The Bertz CT molecular complexity index is 751. The molecule has 0 radical (unpaired) electrons. The highest BCUT2D eigenvalue weighted by Gasteiger charge is 2.33. The molecular formula is C23H34N4O2. The molecule has 29 heavy (non-hydrogen) atoms. The lowest BCUT2D eigenvalue weighted by molar-refractivity contribution is 0.105. The van der Waals surface area contributed by atoms with Gasteiger partial charge in [0, 0.05) is 37.9 Å². The second-order valence-electron chi connectivity index (χ2n) is 7.75. The molecule has 6 nitrogen and oxygen atoms in total. The highest BCUT2D eigenvalue weighted by Crippen LogP contribution is 2.40. The van der Waals surface area contributed by atoms with Crippen LogP contribution in [0.4, 0.5) is 0 Å². The van der Waals surface area contributed by atoms with Crippen molar-refractivity contribution in [1.29, 1.82) is 0 Å². The van der Waals surface area contributed by atoms with E-state index >= 15 is 0 Å². The highest BCUT2D eigenvalue weighted by atomic mass is 16.5. The Hall–Kier alpha value is -2.34. The van der Waals surface area contributed by atoms with Crippen LogP contribution in [-0.4, -0.2) is 37.4 Å². The van der Waals surface area contributed by atoms with Gasteiger partial charge in [-0.05, 0) is 38.5 Å². The summed E-state index contributed by atoms with van der Waals surface area (Å²) in [5.74, 6) is 1.61. The first-order valence-corrected chi connectivity index (χ1v) is 10.9. The fourth-order valence-corrected chi connectivity index (χ4v) is 3.97. The van der Waals surface area contributed by atoms with Crippen LogP contribution in [-0.2, 0) is 11.3 Å². The molecule has 1 aromatic carbocycles. The molecule has 3 rings (SSSR count). The fourth-order valence-electron chi connectivity index (χ4n) is 3.97. The van der Waals surface area contributed by atoms with Gasteiger partial charge in [0.15, 0.2) is 11.7 Å². The molecule has 0 bridgehead atoms. The Kier molecular flexibility index (Phi) is 8.11. The second-order valence-corrected chi connectivity index (χ2v) is 7.75. The van der Waals surface area contributed by atoms with Gasteiger partial charge in [-0.15, -0.1) is 0 Å². The van der Waals surface area contributed by atoms with Crippen molar-refractivity contribution in [2.75, 3.05) is 26.3 Å². The molecule has 0 saturated heterocycles. The largest absolute Gasteiger partial charge is 0.382 e. The van der Waals surface area contributed by atoms with Gasteiger partial charge >= 0.3 is 0 Å². The molecule has 0 atom stereocenters. The molecule has 0 amide bonds. The molecule has 6 heteroatoms. The van der Waals surface area contributed by atoms with Crippen LogP contribution in [0.1, 0.15) is 51.6 Å². The molecule has 1 aliphatic rings. The summed E-state index contributed by atoms with van der Waals surface area (Å²) in [6.07, 6.45) is 6.24. The summed E-state index contributed by atoms with van der Waals surface area (Å²) in [7, 11) is 0. The van der Waals surface area contributed by atoms with Crippen LogP contribution >= 0.6 is 0 Å². The summed E-state index contributed by atoms with van der Waals surface area (Å²) < 4.78 is 11.1. The first-order chi connectivity index (χ1) is 14.2. The van der Waals surface area contributed by atoms with Gasteiger partial charge in [0.25, 0.3) is 0 Å². The van der Waals surface area contributed by atoms with Gasteiger partial charge in [0.05, 0.1) is 6.54 Å². The van der Waals surface area contributed by atoms with Crippen LogP contribution in [0.2, 0.25) is 0 Å². The SMILES string of the molecule is CCNC(=NCc1cc(-c2ccccc2)on1)NCC1(CCOCC)CCCC1. The summed E-state index contributed by atoms with van der Waals surface area (Å²) >= 11 is 0. The Morgan fingerprint density at radius 2 is 1.97 bits per heavy atom. The van der Waals surface area contributed by atoms with Gasteiger partial charge in [-0.2, -0.15) is 0 Å². The minimum atomic E-state index is 0.319. The number of hydrogen-bond acceptors (Lipinski definition) is 4. The first-order valence-electron chi connectivity index (χ1n) is 10.9. The molecule has 0 spiro atoms. The van der Waals surface area contributed by atoms with Crippen molar-refractivity contribution in [3.05, 3.63) is 42.1 Å². The molecule has 1 heterocycles. The van der Waals surface area contributed by atoms with E-state index in [2.05, 4.69) is 29.6 Å². The molecule has 1 saturated carbocycles. The number of ether oxygens (including phenoxy) is 1. The predicted molar refractivity (Wildman–Crippen MR) is 117 cm³/mol. The van der Waals surface area contributed by atoms with Crippen LogP contribution in [0.5, 0.6) is 0 Å². The zero-order chi connectivity index (χ0) is 20.4. The number of nitrogens with zero attached hydrogens (tertiary/aromatic N) is 2. The van der Waals surface area contributed by atoms with Crippen molar-refractivity contribution in [1.82, 2.24) is 15.8 Å². The number of guanidine groups is 1. The Morgan fingerprint density at radius 3 is 2.69 bits per heavy atom.